The Morgan fingerprint density at radius 2 is 1.58 bits per heavy atom. The van der Waals surface area contributed by atoms with Gasteiger partial charge in [-0.2, -0.15) is 0 Å². The number of benzene rings is 4. The molecule has 0 spiro atoms. The highest BCUT2D eigenvalue weighted by Crippen LogP contribution is 2.39. The van der Waals surface area contributed by atoms with Crippen LogP contribution in [0.15, 0.2) is 84.9 Å². The molecule has 1 atom stereocenters. The molecule has 0 saturated carbocycles. The van der Waals surface area contributed by atoms with Gasteiger partial charge in [0, 0.05) is 11.4 Å². The van der Waals surface area contributed by atoms with Gasteiger partial charge in [0.2, 0.25) is 0 Å². The maximum atomic E-state index is 13.8. The van der Waals surface area contributed by atoms with E-state index in [4.69, 9.17) is 32.7 Å². The Bertz CT molecular complexity index is 1460. The van der Waals surface area contributed by atoms with E-state index in [1.54, 1.807) is 17.0 Å². The summed E-state index contributed by atoms with van der Waals surface area (Å²) in [5, 5.41) is 4.54. The van der Waals surface area contributed by atoms with Crippen molar-refractivity contribution in [3.05, 3.63) is 117 Å². The minimum absolute atomic E-state index is 0.0634. The van der Waals surface area contributed by atoms with Gasteiger partial charge in [-0.3, -0.25) is 9.69 Å². The number of halogens is 2. The number of carbonyl (C=O) groups excluding carboxylic acids is 1. The molecule has 0 saturated heterocycles. The fraction of sp³-hybridized carbons (Fsp3) is 0.194. The molecule has 0 fully saturated rings. The van der Waals surface area contributed by atoms with Crippen molar-refractivity contribution in [1.82, 2.24) is 0 Å². The predicted molar refractivity (Wildman–Crippen MR) is 154 cm³/mol. The van der Waals surface area contributed by atoms with Crippen molar-refractivity contribution < 1.29 is 14.3 Å². The standard InChI is InChI=1S/C31H28Cl2N2O3/c1-3-20-9-13-23(14-10-20)35-30(34-27-8-6-5-7-24(27)31(35)36)22-12-16-28(29(18-22)37-4-2)38-19-21-11-15-25(32)26(33)17-21/h5-18,30,34H,3-4,19H2,1-2H3. The molecule has 5 nitrogen and oxygen atoms in total. The summed E-state index contributed by atoms with van der Waals surface area (Å²) < 4.78 is 12.1. The Kier molecular flexibility index (Phi) is 7.77. The summed E-state index contributed by atoms with van der Waals surface area (Å²) in [6, 6.07) is 26.9. The summed E-state index contributed by atoms with van der Waals surface area (Å²) in [5.41, 5.74) is 5.22. The van der Waals surface area contributed by atoms with Crippen molar-refractivity contribution in [3.8, 4) is 11.5 Å². The summed E-state index contributed by atoms with van der Waals surface area (Å²) in [5.74, 6) is 1.13. The van der Waals surface area contributed by atoms with Crippen molar-refractivity contribution in [2.75, 3.05) is 16.8 Å². The fourth-order valence-corrected chi connectivity index (χ4v) is 4.84. The summed E-state index contributed by atoms with van der Waals surface area (Å²) in [7, 11) is 0. The van der Waals surface area contributed by atoms with E-state index in [2.05, 4.69) is 24.4 Å². The van der Waals surface area contributed by atoms with Crippen LogP contribution in [0.2, 0.25) is 10.0 Å². The molecule has 0 radical (unpaired) electrons. The highest BCUT2D eigenvalue weighted by Gasteiger charge is 2.34. The molecule has 0 aromatic heterocycles. The lowest BCUT2D eigenvalue weighted by atomic mass is 10.0. The number of nitrogens with zero attached hydrogens (tertiary/aromatic N) is 1. The van der Waals surface area contributed by atoms with Gasteiger partial charge in [0.1, 0.15) is 12.8 Å². The zero-order valence-electron chi connectivity index (χ0n) is 21.2. The van der Waals surface area contributed by atoms with Gasteiger partial charge in [-0.15, -0.1) is 0 Å². The molecule has 1 heterocycles. The van der Waals surface area contributed by atoms with E-state index in [0.717, 1.165) is 28.9 Å². The summed E-state index contributed by atoms with van der Waals surface area (Å²) in [6.07, 6.45) is 0.494. The molecule has 38 heavy (non-hydrogen) atoms. The maximum Gasteiger partial charge on any atom is 0.262 e. The highest BCUT2D eigenvalue weighted by molar-refractivity contribution is 6.42. The molecule has 4 aromatic rings. The number of fused-ring (bicyclic) bond motifs is 1. The molecular formula is C31H28Cl2N2O3. The molecule has 0 aliphatic carbocycles. The monoisotopic (exact) mass is 546 g/mol. The third-order valence-corrected chi connectivity index (χ3v) is 7.25. The molecule has 194 valence electrons. The Morgan fingerprint density at radius 1 is 0.816 bits per heavy atom. The van der Waals surface area contributed by atoms with Gasteiger partial charge in [-0.05, 0) is 78.6 Å². The number of amides is 1. The Labute approximate surface area is 232 Å². The second-order valence-corrected chi connectivity index (χ2v) is 9.78. The average Bonchev–Trinajstić information content (AvgIpc) is 2.94. The number of ether oxygens (including phenoxy) is 2. The molecule has 4 aromatic carbocycles. The maximum absolute atomic E-state index is 13.8. The van der Waals surface area contributed by atoms with Crippen molar-refractivity contribution in [2.24, 2.45) is 0 Å². The third-order valence-electron chi connectivity index (χ3n) is 6.51. The summed E-state index contributed by atoms with van der Waals surface area (Å²) in [6.45, 7) is 4.81. The van der Waals surface area contributed by atoms with E-state index in [1.807, 2.05) is 67.6 Å². The second kappa shape index (κ2) is 11.4. The third kappa shape index (κ3) is 5.31. The van der Waals surface area contributed by atoms with E-state index in [-0.39, 0.29) is 5.91 Å². The normalized spacial score (nSPS) is 14.6. The highest BCUT2D eigenvalue weighted by atomic mass is 35.5. The topological polar surface area (TPSA) is 50.8 Å². The number of anilines is 2. The minimum atomic E-state index is -0.437. The van der Waals surface area contributed by atoms with Gasteiger partial charge >= 0.3 is 0 Å². The van der Waals surface area contributed by atoms with Crippen LogP contribution in [0.1, 0.15) is 47.1 Å². The Morgan fingerprint density at radius 3 is 2.32 bits per heavy atom. The lowest BCUT2D eigenvalue weighted by Gasteiger charge is -2.38. The van der Waals surface area contributed by atoms with E-state index >= 15 is 0 Å². The van der Waals surface area contributed by atoms with Crippen LogP contribution in [0.25, 0.3) is 0 Å². The van der Waals surface area contributed by atoms with Crippen molar-refractivity contribution >= 4 is 40.5 Å². The number of hydrogen-bond acceptors (Lipinski definition) is 4. The van der Waals surface area contributed by atoms with Crippen LogP contribution in [0.5, 0.6) is 11.5 Å². The largest absolute Gasteiger partial charge is 0.490 e. The number of rotatable bonds is 8. The molecule has 1 aliphatic rings. The van der Waals surface area contributed by atoms with Crippen molar-refractivity contribution in [2.45, 2.75) is 33.0 Å². The first kappa shape index (κ1) is 26.0. The minimum Gasteiger partial charge on any atom is -0.490 e. The van der Waals surface area contributed by atoms with Crippen LogP contribution >= 0.6 is 23.2 Å². The zero-order chi connectivity index (χ0) is 26.6. The smallest absolute Gasteiger partial charge is 0.262 e. The molecule has 1 unspecified atom stereocenters. The first-order chi connectivity index (χ1) is 18.5. The van der Waals surface area contributed by atoms with E-state index in [1.165, 1.54) is 5.56 Å². The number of aryl methyl sites for hydroxylation is 1. The van der Waals surface area contributed by atoms with Crippen LogP contribution in [0.3, 0.4) is 0 Å². The molecule has 1 N–H and O–H groups in total. The molecule has 7 heteroatoms. The van der Waals surface area contributed by atoms with Crippen LogP contribution < -0.4 is 19.7 Å². The molecule has 0 bridgehead atoms. The Balaban J connectivity index is 1.49. The molecule has 1 aliphatic heterocycles. The summed E-state index contributed by atoms with van der Waals surface area (Å²) >= 11 is 12.2. The van der Waals surface area contributed by atoms with Gasteiger partial charge in [0.25, 0.3) is 5.91 Å². The van der Waals surface area contributed by atoms with Crippen LogP contribution in [0.4, 0.5) is 11.4 Å². The van der Waals surface area contributed by atoms with Crippen LogP contribution in [-0.2, 0) is 13.0 Å². The van der Waals surface area contributed by atoms with E-state index in [0.29, 0.717) is 40.3 Å². The number of para-hydroxylation sites is 1. The van der Waals surface area contributed by atoms with Crippen LogP contribution in [0, 0.1) is 0 Å². The van der Waals surface area contributed by atoms with Crippen LogP contribution in [-0.4, -0.2) is 12.5 Å². The number of carbonyl (C=O) groups is 1. The van der Waals surface area contributed by atoms with Gasteiger partial charge < -0.3 is 14.8 Å². The average molecular weight is 547 g/mol. The van der Waals surface area contributed by atoms with Crippen molar-refractivity contribution in [1.29, 1.82) is 0 Å². The van der Waals surface area contributed by atoms with Gasteiger partial charge in [0.05, 0.1) is 22.2 Å². The molecule has 1 amide bonds. The van der Waals surface area contributed by atoms with E-state index in [9.17, 15) is 4.79 Å². The van der Waals surface area contributed by atoms with Gasteiger partial charge in [-0.25, -0.2) is 0 Å². The van der Waals surface area contributed by atoms with Gasteiger partial charge in [0.15, 0.2) is 11.5 Å². The summed E-state index contributed by atoms with van der Waals surface area (Å²) in [4.78, 5) is 15.5. The lowest BCUT2D eigenvalue weighted by Crippen LogP contribution is -2.43. The van der Waals surface area contributed by atoms with Crippen molar-refractivity contribution in [3.63, 3.8) is 0 Å². The lowest BCUT2D eigenvalue weighted by molar-refractivity contribution is 0.0975. The Hall–Kier alpha value is -3.67. The zero-order valence-corrected chi connectivity index (χ0v) is 22.7. The number of nitrogens with one attached hydrogen (secondary N) is 1. The second-order valence-electron chi connectivity index (χ2n) is 8.96. The predicted octanol–water partition coefficient (Wildman–Crippen LogP) is 8.30. The fourth-order valence-electron chi connectivity index (χ4n) is 4.52. The SMILES string of the molecule is CCOc1cc(C2Nc3ccccc3C(=O)N2c2ccc(CC)cc2)ccc1OCc1ccc(Cl)c(Cl)c1. The first-order valence-corrected chi connectivity index (χ1v) is 13.4. The quantitative estimate of drug-likeness (QED) is 0.241. The number of hydrogen-bond donors (Lipinski definition) is 1. The first-order valence-electron chi connectivity index (χ1n) is 12.6. The van der Waals surface area contributed by atoms with E-state index < -0.39 is 6.17 Å². The van der Waals surface area contributed by atoms with Gasteiger partial charge in [-0.1, -0.05) is 66.5 Å². The molecular weight excluding hydrogens is 519 g/mol. The molecule has 5 rings (SSSR count).